The molecule has 5 rings (SSSR count). The first kappa shape index (κ1) is 31.1. The van der Waals surface area contributed by atoms with Crippen LogP contribution < -0.4 is 0 Å². The highest BCUT2D eigenvalue weighted by atomic mass is 16.3. The Labute approximate surface area is 261 Å². The number of pyridine rings is 2. The van der Waals surface area contributed by atoms with Crippen LogP contribution in [0, 0.1) is 0 Å². The van der Waals surface area contributed by atoms with Gasteiger partial charge in [0, 0.05) is 59.5 Å². The maximum atomic E-state index is 11.3. The molecule has 6 heteroatoms. The van der Waals surface area contributed by atoms with Crippen LogP contribution in [-0.4, -0.2) is 44.7 Å². The molecule has 1 saturated carbocycles. The zero-order valence-electron chi connectivity index (χ0n) is 26.7. The Balaban J connectivity index is 1.48. The smallest absolute Gasteiger partial charge is 0.128 e. The summed E-state index contributed by atoms with van der Waals surface area (Å²) in [4.78, 5) is 18.4. The normalized spacial score (nSPS) is 17.9. The summed E-state index contributed by atoms with van der Waals surface area (Å²) >= 11 is 0. The van der Waals surface area contributed by atoms with Gasteiger partial charge in [-0.3, -0.25) is 20.0 Å². The lowest BCUT2D eigenvalue weighted by atomic mass is 9.83. The second-order valence-corrected chi connectivity index (χ2v) is 13.9. The van der Waals surface area contributed by atoms with Crippen molar-refractivity contribution < 1.29 is 10.2 Å². The first-order valence-electron chi connectivity index (χ1n) is 15.5. The summed E-state index contributed by atoms with van der Waals surface area (Å²) in [6.45, 7) is 12.6. The van der Waals surface area contributed by atoms with Gasteiger partial charge in [-0.1, -0.05) is 54.4 Å². The van der Waals surface area contributed by atoms with E-state index in [2.05, 4.69) is 63.6 Å². The molecule has 1 aliphatic carbocycles. The van der Waals surface area contributed by atoms with Crippen molar-refractivity contribution in [3.63, 3.8) is 0 Å². The van der Waals surface area contributed by atoms with Gasteiger partial charge in [0.15, 0.2) is 0 Å². The second-order valence-electron chi connectivity index (χ2n) is 13.9. The summed E-state index contributed by atoms with van der Waals surface area (Å²) in [6, 6.07) is 16.0. The van der Waals surface area contributed by atoms with Crippen molar-refractivity contribution >= 4 is 12.4 Å². The van der Waals surface area contributed by atoms with E-state index in [1.807, 2.05) is 48.8 Å². The maximum Gasteiger partial charge on any atom is 0.128 e. The topological polar surface area (TPSA) is 91.0 Å². The van der Waals surface area contributed by atoms with E-state index in [9.17, 15) is 10.2 Å². The number of phenols is 2. The second kappa shape index (κ2) is 12.7. The molecule has 0 amide bonds. The summed E-state index contributed by atoms with van der Waals surface area (Å²) in [5.74, 6) is 0.532. The van der Waals surface area contributed by atoms with E-state index in [-0.39, 0.29) is 34.4 Å². The molecular weight excluding hydrogens is 544 g/mol. The molecule has 0 aliphatic heterocycles. The van der Waals surface area contributed by atoms with Crippen molar-refractivity contribution in [1.82, 2.24) is 9.97 Å². The number of nitrogens with zero attached hydrogens (tertiary/aromatic N) is 4. The van der Waals surface area contributed by atoms with Crippen molar-refractivity contribution in [2.24, 2.45) is 9.98 Å². The number of phenolic OH excluding ortho intramolecular Hbond substituents is 2. The van der Waals surface area contributed by atoms with Crippen LogP contribution in [0.15, 0.2) is 83.3 Å². The molecular formula is C38H44N4O2. The molecule has 44 heavy (non-hydrogen) atoms. The number of hydrogen-bond acceptors (Lipinski definition) is 6. The number of aliphatic imine (C=N–C) groups is 2. The van der Waals surface area contributed by atoms with Gasteiger partial charge in [0.25, 0.3) is 0 Å². The predicted octanol–water partition coefficient (Wildman–Crippen LogP) is 8.67. The summed E-state index contributed by atoms with van der Waals surface area (Å²) in [7, 11) is 0. The SMILES string of the molecule is CC(C)(C)c1cc(-c2ccncc2)cc(C=N[C@H]2CCCC[C@H]2N=Cc2cc(-c3ccncc3)cc(C(C)(C)C)c2O)c1O. The fourth-order valence-electron chi connectivity index (χ4n) is 5.87. The van der Waals surface area contributed by atoms with Gasteiger partial charge in [0.05, 0.1) is 12.1 Å². The lowest BCUT2D eigenvalue weighted by Crippen LogP contribution is -2.27. The minimum Gasteiger partial charge on any atom is -0.507 e. The Morgan fingerprint density at radius 1 is 0.591 bits per heavy atom. The fourth-order valence-corrected chi connectivity index (χ4v) is 5.87. The van der Waals surface area contributed by atoms with E-state index in [0.717, 1.165) is 59.1 Å². The molecule has 2 atom stereocenters. The average Bonchev–Trinajstić information content (AvgIpc) is 3.00. The summed E-state index contributed by atoms with van der Waals surface area (Å²) in [6.07, 6.45) is 14.8. The Hall–Kier alpha value is -4.32. The van der Waals surface area contributed by atoms with Crippen molar-refractivity contribution in [1.29, 1.82) is 0 Å². The molecule has 2 aromatic carbocycles. The van der Waals surface area contributed by atoms with Gasteiger partial charge in [-0.15, -0.1) is 0 Å². The standard InChI is InChI=1S/C38H44N4O2/c1-37(2,3)31-21-27(25-11-15-39-16-12-25)19-29(35(31)43)23-41-33-9-7-8-10-34(33)42-24-30-20-28(26-13-17-40-18-14-26)22-32(36(30)44)38(4,5)6/h11-24,33-34,43-44H,7-10H2,1-6H3/t33-,34+. The Morgan fingerprint density at radius 3 is 1.30 bits per heavy atom. The van der Waals surface area contributed by atoms with Crippen LogP contribution in [-0.2, 0) is 10.8 Å². The minimum atomic E-state index is -0.244. The fraction of sp³-hybridized carbons (Fsp3) is 0.368. The molecule has 228 valence electrons. The Bertz CT molecular complexity index is 1520. The van der Waals surface area contributed by atoms with Gasteiger partial charge in [-0.25, -0.2) is 0 Å². The van der Waals surface area contributed by atoms with Crippen LogP contribution in [0.4, 0.5) is 0 Å². The van der Waals surface area contributed by atoms with Crippen molar-refractivity contribution in [3.8, 4) is 33.8 Å². The predicted molar refractivity (Wildman–Crippen MR) is 181 cm³/mol. The molecule has 1 aliphatic rings. The summed E-state index contributed by atoms with van der Waals surface area (Å²) in [5, 5.41) is 22.6. The molecule has 0 radical (unpaired) electrons. The van der Waals surface area contributed by atoms with Crippen LogP contribution >= 0.6 is 0 Å². The highest BCUT2D eigenvalue weighted by Crippen LogP contribution is 2.38. The molecule has 0 saturated heterocycles. The van der Waals surface area contributed by atoms with E-state index >= 15 is 0 Å². The zero-order chi connectivity index (χ0) is 31.5. The van der Waals surface area contributed by atoms with E-state index in [4.69, 9.17) is 9.98 Å². The molecule has 2 heterocycles. The molecule has 4 aromatic rings. The molecule has 0 unspecified atom stereocenters. The molecule has 2 aromatic heterocycles. The summed E-state index contributed by atoms with van der Waals surface area (Å²) < 4.78 is 0. The zero-order valence-corrected chi connectivity index (χ0v) is 26.7. The van der Waals surface area contributed by atoms with Gasteiger partial charge >= 0.3 is 0 Å². The van der Waals surface area contributed by atoms with Crippen LogP contribution in [0.1, 0.15) is 89.5 Å². The monoisotopic (exact) mass is 588 g/mol. The number of benzene rings is 2. The molecule has 0 bridgehead atoms. The maximum absolute atomic E-state index is 11.3. The highest BCUT2D eigenvalue weighted by molar-refractivity contribution is 5.89. The third-order valence-electron chi connectivity index (χ3n) is 8.43. The van der Waals surface area contributed by atoms with Crippen molar-refractivity contribution in [3.05, 3.63) is 95.6 Å². The van der Waals surface area contributed by atoms with Gasteiger partial charge in [-0.2, -0.15) is 0 Å². The van der Waals surface area contributed by atoms with E-state index in [0.29, 0.717) is 11.1 Å². The van der Waals surface area contributed by atoms with E-state index < -0.39 is 0 Å². The molecule has 2 N–H and O–H groups in total. The number of aromatic hydroxyl groups is 2. The van der Waals surface area contributed by atoms with Crippen LogP contribution in [0.5, 0.6) is 11.5 Å². The molecule has 0 spiro atoms. The van der Waals surface area contributed by atoms with Crippen molar-refractivity contribution in [2.45, 2.75) is 90.1 Å². The lowest BCUT2D eigenvalue weighted by Gasteiger charge is -2.26. The van der Waals surface area contributed by atoms with Gasteiger partial charge in [-0.05, 0) is 94.5 Å². The summed E-state index contributed by atoms with van der Waals surface area (Å²) in [5.41, 5.74) is 6.81. The Kier molecular flexibility index (Phi) is 9.00. The quantitative estimate of drug-likeness (QED) is 0.221. The van der Waals surface area contributed by atoms with Gasteiger partial charge in [0.1, 0.15) is 11.5 Å². The highest BCUT2D eigenvalue weighted by Gasteiger charge is 2.26. The lowest BCUT2D eigenvalue weighted by molar-refractivity contribution is 0.390. The van der Waals surface area contributed by atoms with E-state index in [1.165, 1.54) is 0 Å². The first-order valence-corrected chi connectivity index (χ1v) is 15.5. The van der Waals surface area contributed by atoms with Crippen LogP contribution in [0.25, 0.3) is 22.3 Å². The first-order chi connectivity index (χ1) is 20.9. The van der Waals surface area contributed by atoms with Crippen LogP contribution in [0.2, 0.25) is 0 Å². The minimum absolute atomic E-state index is 0.0188. The number of aromatic nitrogens is 2. The largest absolute Gasteiger partial charge is 0.507 e. The van der Waals surface area contributed by atoms with Crippen LogP contribution in [0.3, 0.4) is 0 Å². The number of rotatable bonds is 6. The Morgan fingerprint density at radius 2 is 0.955 bits per heavy atom. The molecule has 6 nitrogen and oxygen atoms in total. The number of hydrogen-bond donors (Lipinski definition) is 2. The molecule has 1 fully saturated rings. The van der Waals surface area contributed by atoms with Gasteiger partial charge < -0.3 is 10.2 Å². The van der Waals surface area contributed by atoms with E-state index in [1.54, 1.807) is 24.8 Å². The van der Waals surface area contributed by atoms with Crippen molar-refractivity contribution in [2.75, 3.05) is 0 Å². The third-order valence-corrected chi connectivity index (χ3v) is 8.43. The average molecular weight is 589 g/mol. The third kappa shape index (κ3) is 7.07. The van der Waals surface area contributed by atoms with Gasteiger partial charge in [0.2, 0.25) is 0 Å².